The van der Waals surface area contributed by atoms with E-state index in [0.717, 1.165) is 32.6 Å². The number of aliphatic hydroxyl groups excluding tert-OH is 3. The zero-order chi connectivity index (χ0) is 60.2. The fourth-order valence-corrected chi connectivity index (χ4v) is 8.38. The summed E-state index contributed by atoms with van der Waals surface area (Å²) in [5.41, 5.74) is 6.01. The molecule has 0 aromatic heterocycles. The third kappa shape index (κ3) is 30.0. The van der Waals surface area contributed by atoms with E-state index in [9.17, 15) is 63.3 Å². The molecule has 0 aliphatic carbocycles. The molecular formula is C55H93N11O14. The molecule has 0 heterocycles. The van der Waals surface area contributed by atoms with Gasteiger partial charge in [0.25, 0.3) is 0 Å². The van der Waals surface area contributed by atoms with Crippen molar-refractivity contribution in [3.05, 3.63) is 35.9 Å². The molecule has 0 bridgehead atoms. The van der Waals surface area contributed by atoms with E-state index in [1.54, 1.807) is 44.2 Å². The Labute approximate surface area is 470 Å². The number of unbranched alkanes of at least 4 members (excludes halogenated alkanes) is 12. The fraction of sp³-hybridized carbons (Fsp3) is 0.691. The molecule has 0 aliphatic heterocycles. The smallest absolute Gasteiger partial charge is 0.303 e. The summed E-state index contributed by atoms with van der Waals surface area (Å²) < 4.78 is 0. The van der Waals surface area contributed by atoms with Crippen molar-refractivity contribution in [1.82, 2.24) is 47.9 Å². The lowest BCUT2D eigenvalue weighted by atomic mass is 9.99. The number of ketones is 1. The van der Waals surface area contributed by atoms with Crippen LogP contribution in [0.5, 0.6) is 0 Å². The maximum absolute atomic E-state index is 14.3. The van der Waals surface area contributed by atoms with E-state index in [1.165, 1.54) is 65.2 Å². The number of aliphatic carboxylic acids is 1. The van der Waals surface area contributed by atoms with Crippen LogP contribution in [0, 0.1) is 11.3 Å². The second-order valence-electron chi connectivity index (χ2n) is 20.6. The van der Waals surface area contributed by atoms with Gasteiger partial charge in [-0.05, 0) is 57.9 Å². The molecule has 9 atom stereocenters. The summed E-state index contributed by atoms with van der Waals surface area (Å²) >= 11 is 0. The van der Waals surface area contributed by atoms with Crippen LogP contribution >= 0.6 is 0 Å². The normalized spacial score (nSPS) is 14.5. The van der Waals surface area contributed by atoms with E-state index in [-0.39, 0.29) is 44.6 Å². The van der Waals surface area contributed by atoms with Gasteiger partial charge in [0.2, 0.25) is 47.3 Å². The molecule has 80 heavy (non-hydrogen) atoms. The topological polar surface area (TPSA) is 410 Å². The summed E-state index contributed by atoms with van der Waals surface area (Å²) in [6.07, 6.45) is 12.6. The Morgan fingerprint density at radius 2 is 0.988 bits per heavy atom. The molecule has 0 unspecified atom stereocenters. The van der Waals surface area contributed by atoms with E-state index < -0.39 is 139 Å². The number of aliphatic hydroxyl groups is 3. The van der Waals surface area contributed by atoms with Crippen molar-refractivity contribution in [1.29, 1.82) is 5.41 Å². The average molecular weight is 1130 g/mol. The number of nitrogens with one attached hydrogen (secondary N) is 10. The highest BCUT2D eigenvalue weighted by Crippen LogP contribution is 2.14. The van der Waals surface area contributed by atoms with Gasteiger partial charge in [-0.3, -0.25) is 53.4 Å². The van der Waals surface area contributed by atoms with Gasteiger partial charge in [-0.15, -0.1) is 0 Å². The Balaban J connectivity index is 3.19. The summed E-state index contributed by atoms with van der Waals surface area (Å²) in [6, 6.07) is -3.18. The first kappa shape index (κ1) is 71.3. The van der Waals surface area contributed by atoms with Crippen LogP contribution in [0.1, 0.15) is 163 Å². The molecule has 16 N–H and O–H groups in total. The Bertz CT molecular complexity index is 2110. The second-order valence-corrected chi connectivity index (χ2v) is 20.6. The van der Waals surface area contributed by atoms with Gasteiger partial charge >= 0.3 is 5.97 Å². The monoisotopic (exact) mass is 1130 g/mol. The number of hydrogen-bond acceptors (Lipinski definition) is 14. The molecule has 0 spiro atoms. The molecular weight excluding hydrogens is 1040 g/mol. The number of benzene rings is 1. The minimum Gasteiger partial charge on any atom is -0.481 e. The van der Waals surface area contributed by atoms with Crippen molar-refractivity contribution in [2.24, 2.45) is 11.7 Å². The van der Waals surface area contributed by atoms with Crippen LogP contribution in [0.25, 0.3) is 0 Å². The highest BCUT2D eigenvalue weighted by molar-refractivity contribution is 5.98. The Morgan fingerprint density at radius 1 is 0.525 bits per heavy atom. The van der Waals surface area contributed by atoms with Crippen molar-refractivity contribution in [2.75, 3.05) is 19.8 Å². The second kappa shape index (κ2) is 40.4. The summed E-state index contributed by atoms with van der Waals surface area (Å²) in [5.74, 6) is -9.87. The van der Waals surface area contributed by atoms with Crippen LogP contribution in [-0.2, 0) is 54.4 Å². The first-order chi connectivity index (χ1) is 37.9. The minimum absolute atomic E-state index is 0.0493. The maximum Gasteiger partial charge on any atom is 0.303 e. The zero-order valence-corrected chi connectivity index (χ0v) is 47.7. The van der Waals surface area contributed by atoms with Crippen molar-refractivity contribution in [3.63, 3.8) is 0 Å². The number of hydrogen-bond donors (Lipinski definition) is 15. The highest BCUT2D eigenvalue weighted by Gasteiger charge is 2.36. The third-order valence-electron chi connectivity index (χ3n) is 13.2. The van der Waals surface area contributed by atoms with Crippen molar-refractivity contribution in [3.8, 4) is 0 Å². The third-order valence-corrected chi connectivity index (χ3v) is 13.2. The molecule has 1 aromatic carbocycles. The van der Waals surface area contributed by atoms with Crippen LogP contribution < -0.4 is 53.6 Å². The number of Topliss-reactive ketones (excluding diaryl/α,β-unsaturated/α-hetero) is 1. The standard InChI is InChI=1S/C55H93N11O14/c1-7-8-9-10-11-12-13-14-15-16-17-18-22-27-44(71)65-47(37(6)70)54(80)66-46(34(2)3)53(79)62-41(31-38-24-20-19-21-25-38)50(76)61-40(26-23-30-58-55(56)57)49(75)63-43(33-68)52(78)64-42(32-67)51(77)59-35(4)48(74)60-39(36(5)69)28-29-45(72)73/h19-21,24-25,34-35,37,39-43,46-47,67-68,70H,7-18,22-23,26-33H2,1-6H3,(H,59,77)(H,60,74)(H,61,76)(H,62,79)(H,63,75)(H,64,78)(H,65,71)(H,66,80)(H,72,73)(H4,56,57,58)/t35-,37+,39-,40-,41-,42-,43-,46-,47-/m0/s1. The number of rotatable bonds is 43. The fourth-order valence-electron chi connectivity index (χ4n) is 8.38. The summed E-state index contributed by atoms with van der Waals surface area (Å²) in [6.45, 7) is 7.16. The number of carboxylic acid groups (broad SMARTS) is 1. The molecule has 0 aliphatic rings. The predicted molar refractivity (Wildman–Crippen MR) is 299 cm³/mol. The lowest BCUT2D eigenvalue weighted by Gasteiger charge is -2.29. The summed E-state index contributed by atoms with van der Waals surface area (Å²) in [5, 5.41) is 69.5. The molecule has 25 heteroatoms. The van der Waals surface area contributed by atoms with Crippen molar-refractivity contribution >= 4 is 65.0 Å². The Morgan fingerprint density at radius 3 is 1.48 bits per heavy atom. The van der Waals surface area contributed by atoms with Gasteiger partial charge in [-0.2, -0.15) is 0 Å². The van der Waals surface area contributed by atoms with Gasteiger partial charge in [0.1, 0.15) is 42.3 Å². The molecule has 0 fully saturated rings. The molecule has 452 valence electrons. The number of carboxylic acids is 1. The van der Waals surface area contributed by atoms with Gasteiger partial charge in [0, 0.05) is 25.8 Å². The Kier molecular flexibility index (Phi) is 36.0. The summed E-state index contributed by atoms with van der Waals surface area (Å²) in [4.78, 5) is 132. The molecule has 1 aromatic rings. The van der Waals surface area contributed by atoms with Crippen LogP contribution in [0.2, 0.25) is 0 Å². The Hall–Kier alpha value is -6.73. The number of carbonyl (C=O) groups excluding carboxylic acids is 9. The van der Waals surface area contributed by atoms with Gasteiger partial charge in [-0.25, -0.2) is 0 Å². The number of guanidine groups is 1. The number of amides is 8. The molecule has 25 nitrogen and oxygen atoms in total. The lowest BCUT2D eigenvalue weighted by molar-refractivity contribution is -0.138. The zero-order valence-electron chi connectivity index (χ0n) is 47.7. The van der Waals surface area contributed by atoms with Crippen molar-refractivity contribution in [2.45, 2.75) is 218 Å². The lowest BCUT2D eigenvalue weighted by Crippen LogP contribution is -2.62. The average Bonchev–Trinajstić information content (AvgIpc) is 3.40. The molecule has 0 saturated heterocycles. The summed E-state index contributed by atoms with van der Waals surface area (Å²) in [7, 11) is 0. The van der Waals surface area contributed by atoms with Crippen LogP contribution in [0.15, 0.2) is 30.3 Å². The van der Waals surface area contributed by atoms with Gasteiger partial charge in [-0.1, -0.05) is 128 Å². The first-order valence-corrected chi connectivity index (χ1v) is 28.1. The van der Waals surface area contributed by atoms with E-state index in [4.69, 9.17) is 16.2 Å². The number of nitrogens with two attached hydrogens (primary N) is 1. The van der Waals surface area contributed by atoms with E-state index in [0.29, 0.717) is 12.0 Å². The molecule has 0 radical (unpaired) electrons. The van der Waals surface area contributed by atoms with E-state index >= 15 is 0 Å². The van der Waals surface area contributed by atoms with Gasteiger partial charge in [0.05, 0.1) is 25.4 Å². The van der Waals surface area contributed by atoms with Crippen LogP contribution in [-0.4, -0.2) is 160 Å². The predicted octanol–water partition coefficient (Wildman–Crippen LogP) is 0.347. The van der Waals surface area contributed by atoms with E-state index in [2.05, 4.69) is 54.8 Å². The molecule has 8 amide bonds. The maximum atomic E-state index is 14.3. The molecule has 0 saturated carbocycles. The quantitative estimate of drug-likeness (QED) is 0.0238. The van der Waals surface area contributed by atoms with Crippen molar-refractivity contribution < 1.29 is 68.4 Å². The SMILES string of the molecule is CCCCCCCCCCCCCCCC(=O)N[C@H](C(=O)N[C@H](C(=O)N[C@@H](Cc1ccccc1)C(=O)N[C@@H](CCCNC(=N)N)C(=O)N[C@@H](CO)C(=O)N[C@@H](CO)C(=O)N[C@@H](C)C(=O)N[C@@H](CCC(=O)O)C(C)=O)C(C)C)[C@@H](C)O. The first-order valence-electron chi connectivity index (χ1n) is 28.1. The minimum atomic E-state index is -1.80. The van der Waals surface area contributed by atoms with Crippen LogP contribution in [0.3, 0.4) is 0 Å². The van der Waals surface area contributed by atoms with Gasteiger partial charge in [0.15, 0.2) is 11.7 Å². The number of carbonyl (C=O) groups is 10. The largest absolute Gasteiger partial charge is 0.481 e. The molecule has 1 rings (SSSR count). The highest BCUT2D eigenvalue weighted by atomic mass is 16.4. The van der Waals surface area contributed by atoms with Crippen LogP contribution in [0.4, 0.5) is 0 Å². The van der Waals surface area contributed by atoms with E-state index in [1.807, 2.05) is 0 Å². The van der Waals surface area contributed by atoms with Gasteiger partial charge < -0.3 is 74.0 Å².